The molecule has 0 bridgehead atoms. The van der Waals surface area contributed by atoms with E-state index >= 15 is 0 Å². The highest BCUT2D eigenvalue weighted by atomic mass is 16.3. The summed E-state index contributed by atoms with van der Waals surface area (Å²) in [6.45, 7) is 1.65. The van der Waals surface area contributed by atoms with Crippen molar-refractivity contribution in [3.63, 3.8) is 0 Å². The van der Waals surface area contributed by atoms with Crippen LogP contribution in [0.1, 0.15) is 16.1 Å². The number of Topliss-reactive ketones (excluding diaryl/α,β-unsaturated/α-hetero) is 1. The summed E-state index contributed by atoms with van der Waals surface area (Å²) in [6, 6.07) is 11.5. The molecular weight excluding hydrogens is 378 g/mol. The van der Waals surface area contributed by atoms with Crippen molar-refractivity contribution >= 4 is 22.4 Å². The first-order valence-corrected chi connectivity index (χ1v) is 9.74. The summed E-state index contributed by atoms with van der Waals surface area (Å²) in [4.78, 5) is 27.6. The zero-order valence-electron chi connectivity index (χ0n) is 17.0. The normalized spacial score (nSPS) is 11.2. The molecule has 0 fully saturated rings. The Labute approximate surface area is 174 Å². The molecule has 0 saturated carbocycles. The van der Waals surface area contributed by atoms with Crippen LogP contribution in [0.25, 0.3) is 22.1 Å². The van der Waals surface area contributed by atoms with E-state index in [9.17, 15) is 4.79 Å². The van der Waals surface area contributed by atoms with Gasteiger partial charge in [0, 0.05) is 47.7 Å². The number of carbonyl (C=O) groups is 1. The Kier molecular flexibility index (Phi) is 5.81. The van der Waals surface area contributed by atoms with E-state index in [0.717, 1.165) is 35.1 Å². The number of ketones is 1. The fourth-order valence-electron chi connectivity index (χ4n) is 3.17. The third-order valence-electron chi connectivity index (χ3n) is 4.78. The first-order valence-electron chi connectivity index (χ1n) is 9.74. The van der Waals surface area contributed by atoms with Crippen LogP contribution in [0.5, 0.6) is 0 Å². The van der Waals surface area contributed by atoms with Crippen LogP contribution >= 0.6 is 0 Å². The molecule has 3 heterocycles. The molecule has 1 aromatic carbocycles. The lowest BCUT2D eigenvalue weighted by Gasteiger charge is -2.11. The van der Waals surface area contributed by atoms with Gasteiger partial charge in [-0.3, -0.25) is 9.78 Å². The molecule has 7 heteroatoms. The highest BCUT2D eigenvalue weighted by Crippen LogP contribution is 2.24. The van der Waals surface area contributed by atoms with E-state index in [1.807, 2.05) is 38.4 Å². The number of hydrogen-bond acceptors (Lipinski definition) is 7. The van der Waals surface area contributed by atoms with Crippen molar-refractivity contribution in [2.24, 2.45) is 0 Å². The number of carbonyl (C=O) groups excluding carboxylic acids is 1. The molecule has 4 aromatic rings. The molecule has 30 heavy (non-hydrogen) atoms. The fraction of sp³-hybridized carbons (Fsp3) is 0.217. The highest BCUT2D eigenvalue weighted by molar-refractivity contribution is 5.98. The number of pyridine rings is 2. The van der Waals surface area contributed by atoms with Gasteiger partial charge in [0.1, 0.15) is 5.82 Å². The monoisotopic (exact) mass is 401 g/mol. The number of oxazole rings is 1. The molecule has 1 N–H and O–H groups in total. The molecule has 0 unspecified atom stereocenters. The Morgan fingerprint density at radius 2 is 1.97 bits per heavy atom. The molecule has 0 atom stereocenters. The van der Waals surface area contributed by atoms with Gasteiger partial charge >= 0.3 is 0 Å². The Balaban J connectivity index is 1.50. The van der Waals surface area contributed by atoms with Crippen LogP contribution in [-0.4, -0.2) is 52.8 Å². The Hall–Kier alpha value is -3.58. The Morgan fingerprint density at radius 3 is 2.77 bits per heavy atom. The van der Waals surface area contributed by atoms with Crippen molar-refractivity contribution < 1.29 is 9.21 Å². The van der Waals surface area contributed by atoms with Crippen molar-refractivity contribution in [2.45, 2.75) is 6.42 Å². The SMILES string of the molecule is CN(C)CCNc1cc(C(=O)Cc2cc3cc(-c4cnco4)ccc3cn2)ccn1. The van der Waals surface area contributed by atoms with Crippen molar-refractivity contribution in [3.05, 3.63) is 72.6 Å². The average Bonchev–Trinajstić information content (AvgIpc) is 3.28. The first kappa shape index (κ1) is 19.7. The van der Waals surface area contributed by atoms with Crippen molar-refractivity contribution in [3.8, 4) is 11.3 Å². The largest absolute Gasteiger partial charge is 0.444 e. The zero-order chi connectivity index (χ0) is 20.9. The molecule has 0 aliphatic carbocycles. The van der Waals surface area contributed by atoms with Crippen LogP contribution in [0.15, 0.2) is 65.8 Å². The fourth-order valence-corrected chi connectivity index (χ4v) is 3.17. The number of nitrogens with zero attached hydrogens (tertiary/aromatic N) is 4. The van der Waals surface area contributed by atoms with Gasteiger partial charge in [0.05, 0.1) is 12.6 Å². The minimum atomic E-state index is 0.00583. The number of nitrogens with one attached hydrogen (secondary N) is 1. The molecule has 7 nitrogen and oxygen atoms in total. The number of hydrogen-bond donors (Lipinski definition) is 1. The summed E-state index contributed by atoms with van der Waals surface area (Å²) in [5, 5.41) is 5.25. The van der Waals surface area contributed by atoms with Gasteiger partial charge in [-0.2, -0.15) is 0 Å². The molecule has 4 rings (SSSR count). The van der Waals surface area contributed by atoms with E-state index in [-0.39, 0.29) is 12.2 Å². The van der Waals surface area contributed by atoms with Gasteiger partial charge < -0.3 is 14.6 Å². The summed E-state index contributed by atoms with van der Waals surface area (Å²) < 4.78 is 5.38. The van der Waals surface area contributed by atoms with E-state index in [2.05, 4.69) is 25.2 Å². The second-order valence-corrected chi connectivity index (χ2v) is 7.36. The number of likely N-dealkylation sites (N-methyl/N-ethyl adjacent to an activating group) is 1. The second-order valence-electron chi connectivity index (χ2n) is 7.36. The summed E-state index contributed by atoms with van der Waals surface area (Å²) >= 11 is 0. The molecule has 0 aliphatic rings. The van der Waals surface area contributed by atoms with Crippen molar-refractivity contribution in [1.82, 2.24) is 19.9 Å². The maximum absolute atomic E-state index is 12.8. The van der Waals surface area contributed by atoms with E-state index in [0.29, 0.717) is 17.1 Å². The van der Waals surface area contributed by atoms with Crippen molar-refractivity contribution in [1.29, 1.82) is 0 Å². The maximum atomic E-state index is 12.8. The van der Waals surface area contributed by atoms with Crippen LogP contribution in [0, 0.1) is 0 Å². The minimum Gasteiger partial charge on any atom is -0.444 e. The smallest absolute Gasteiger partial charge is 0.181 e. The molecule has 0 aliphatic heterocycles. The highest BCUT2D eigenvalue weighted by Gasteiger charge is 2.11. The molecule has 0 spiro atoms. The lowest BCUT2D eigenvalue weighted by Crippen LogP contribution is -2.21. The number of benzene rings is 1. The third kappa shape index (κ3) is 4.69. The van der Waals surface area contributed by atoms with Gasteiger partial charge in [-0.25, -0.2) is 9.97 Å². The van der Waals surface area contributed by atoms with Gasteiger partial charge in [0.15, 0.2) is 17.9 Å². The topological polar surface area (TPSA) is 84.2 Å². The van der Waals surface area contributed by atoms with Crippen LogP contribution in [0.2, 0.25) is 0 Å². The summed E-state index contributed by atoms with van der Waals surface area (Å²) in [7, 11) is 4.03. The standard InChI is InChI=1S/C23H23N5O2/c1-28(2)8-7-26-23-11-16(5-6-25-23)21(29)12-20-10-19-9-17(22-14-24-15-30-22)3-4-18(19)13-27-20/h3-6,9-11,13-15H,7-8,12H2,1-2H3,(H,25,26). The van der Waals surface area contributed by atoms with E-state index in [4.69, 9.17) is 4.42 Å². The maximum Gasteiger partial charge on any atom is 0.181 e. The van der Waals surface area contributed by atoms with E-state index in [1.165, 1.54) is 6.39 Å². The third-order valence-corrected chi connectivity index (χ3v) is 4.78. The summed E-state index contributed by atoms with van der Waals surface area (Å²) in [5.41, 5.74) is 2.28. The molecule has 0 amide bonds. The number of fused-ring (bicyclic) bond motifs is 1. The van der Waals surface area contributed by atoms with Crippen LogP contribution < -0.4 is 5.32 Å². The lowest BCUT2D eigenvalue weighted by molar-refractivity contribution is 0.0992. The van der Waals surface area contributed by atoms with Gasteiger partial charge in [-0.15, -0.1) is 0 Å². The number of aromatic nitrogens is 3. The van der Waals surface area contributed by atoms with Crippen molar-refractivity contribution in [2.75, 3.05) is 32.5 Å². The molecule has 152 valence electrons. The van der Waals surface area contributed by atoms with Gasteiger partial charge in [-0.05, 0) is 43.7 Å². The minimum absolute atomic E-state index is 0.00583. The zero-order valence-corrected chi connectivity index (χ0v) is 17.0. The van der Waals surface area contributed by atoms with E-state index < -0.39 is 0 Å². The van der Waals surface area contributed by atoms with Gasteiger partial charge in [-0.1, -0.05) is 12.1 Å². The molecule has 3 aromatic heterocycles. The summed E-state index contributed by atoms with van der Waals surface area (Å²) in [6.07, 6.45) is 6.77. The van der Waals surface area contributed by atoms with Crippen LogP contribution in [0.4, 0.5) is 5.82 Å². The summed E-state index contributed by atoms with van der Waals surface area (Å²) in [5.74, 6) is 1.41. The second kappa shape index (κ2) is 8.84. The Bertz CT molecular complexity index is 1160. The van der Waals surface area contributed by atoms with Crippen LogP contribution in [0.3, 0.4) is 0 Å². The van der Waals surface area contributed by atoms with Crippen LogP contribution in [-0.2, 0) is 6.42 Å². The quantitative estimate of drug-likeness (QED) is 0.451. The predicted molar refractivity (Wildman–Crippen MR) is 117 cm³/mol. The molecular formula is C23H23N5O2. The molecule has 0 saturated heterocycles. The average molecular weight is 401 g/mol. The number of anilines is 1. The first-order chi connectivity index (χ1) is 14.6. The Morgan fingerprint density at radius 1 is 1.07 bits per heavy atom. The van der Waals surface area contributed by atoms with Gasteiger partial charge in [0.2, 0.25) is 0 Å². The number of rotatable bonds is 8. The predicted octanol–water partition coefficient (Wildman–Crippen LogP) is 3.68. The molecule has 0 radical (unpaired) electrons. The van der Waals surface area contributed by atoms with Gasteiger partial charge in [0.25, 0.3) is 0 Å². The lowest BCUT2D eigenvalue weighted by atomic mass is 10.0. The van der Waals surface area contributed by atoms with E-state index in [1.54, 1.807) is 30.7 Å².